The van der Waals surface area contributed by atoms with Crippen molar-refractivity contribution < 1.29 is 17.7 Å². The first-order valence-corrected chi connectivity index (χ1v) is 7.50. The van der Waals surface area contributed by atoms with Gasteiger partial charge >= 0.3 is 0 Å². The molecule has 2 rings (SSSR count). The third-order valence-electron chi connectivity index (χ3n) is 1.87. The first kappa shape index (κ1) is 13.1. The fourth-order valence-electron chi connectivity index (χ4n) is 1.17. The van der Waals surface area contributed by atoms with Crippen molar-refractivity contribution in [2.75, 3.05) is 0 Å². The molecule has 2 aromatic rings. The number of halogens is 1. The molecule has 0 saturated heterocycles. The van der Waals surface area contributed by atoms with Gasteiger partial charge in [0.05, 0.1) is 9.21 Å². The van der Waals surface area contributed by atoms with E-state index in [9.17, 15) is 13.2 Å². The average Bonchev–Trinajstić information content (AvgIpc) is 2.87. The second-order valence-corrected chi connectivity index (χ2v) is 6.72. The number of rotatable bonds is 4. The number of nitrogens with one attached hydrogen (secondary N) is 1. The first-order valence-electron chi connectivity index (χ1n) is 4.66. The third kappa shape index (κ3) is 3.31. The number of amides is 1. The molecule has 0 radical (unpaired) electrons. The van der Waals surface area contributed by atoms with E-state index in [0.717, 1.165) is 11.3 Å². The zero-order valence-electron chi connectivity index (χ0n) is 8.79. The summed E-state index contributed by atoms with van der Waals surface area (Å²) in [5.74, 6) is -1.13. The normalized spacial score (nSPS) is 11.4. The van der Waals surface area contributed by atoms with Crippen LogP contribution in [-0.4, -0.2) is 19.5 Å². The SMILES string of the molecule is O=C(NS(=O)(=O)Cc1ccon1)c1ccc(Cl)s1. The highest BCUT2D eigenvalue weighted by Gasteiger charge is 2.19. The number of nitrogens with zero attached hydrogens (tertiary/aromatic N) is 1. The van der Waals surface area contributed by atoms with Crippen molar-refractivity contribution in [3.8, 4) is 0 Å². The van der Waals surface area contributed by atoms with Crippen molar-refractivity contribution >= 4 is 38.9 Å². The molecule has 0 aromatic carbocycles. The number of sulfonamides is 1. The van der Waals surface area contributed by atoms with Gasteiger partial charge in [-0.25, -0.2) is 13.1 Å². The van der Waals surface area contributed by atoms with Crippen molar-refractivity contribution in [1.29, 1.82) is 0 Å². The maximum atomic E-state index is 11.6. The minimum Gasteiger partial charge on any atom is -0.364 e. The Morgan fingerprint density at radius 3 is 2.78 bits per heavy atom. The quantitative estimate of drug-likeness (QED) is 0.927. The van der Waals surface area contributed by atoms with Gasteiger partial charge in [0.25, 0.3) is 5.91 Å². The molecule has 1 N–H and O–H groups in total. The molecule has 0 aliphatic rings. The summed E-state index contributed by atoms with van der Waals surface area (Å²) in [6, 6.07) is 4.38. The highest BCUT2D eigenvalue weighted by Crippen LogP contribution is 2.21. The van der Waals surface area contributed by atoms with Gasteiger partial charge in [-0.3, -0.25) is 4.79 Å². The minimum absolute atomic E-state index is 0.222. The largest absolute Gasteiger partial charge is 0.364 e. The summed E-state index contributed by atoms with van der Waals surface area (Å²) < 4.78 is 30.1. The number of carbonyl (C=O) groups is 1. The van der Waals surface area contributed by atoms with Gasteiger partial charge in [-0.1, -0.05) is 16.8 Å². The summed E-state index contributed by atoms with van der Waals surface area (Å²) in [5, 5.41) is 3.46. The van der Waals surface area contributed by atoms with E-state index in [-0.39, 0.29) is 10.6 Å². The lowest BCUT2D eigenvalue weighted by atomic mass is 10.5. The molecule has 0 atom stereocenters. The average molecular weight is 307 g/mol. The molecule has 0 fully saturated rings. The maximum Gasteiger partial charge on any atom is 0.274 e. The molecule has 0 saturated carbocycles. The highest BCUT2D eigenvalue weighted by atomic mass is 35.5. The van der Waals surface area contributed by atoms with Crippen LogP contribution in [0.1, 0.15) is 15.4 Å². The summed E-state index contributed by atoms with van der Waals surface area (Å²) in [6.07, 6.45) is 1.26. The molecule has 0 unspecified atom stereocenters. The Labute approximate surface area is 112 Å². The van der Waals surface area contributed by atoms with E-state index in [1.165, 1.54) is 24.5 Å². The van der Waals surface area contributed by atoms with Gasteiger partial charge in [0.2, 0.25) is 10.0 Å². The molecule has 18 heavy (non-hydrogen) atoms. The lowest BCUT2D eigenvalue weighted by molar-refractivity contribution is 0.0985. The van der Waals surface area contributed by atoms with Crippen molar-refractivity contribution in [2.45, 2.75) is 5.75 Å². The topological polar surface area (TPSA) is 89.3 Å². The van der Waals surface area contributed by atoms with Crippen molar-refractivity contribution in [1.82, 2.24) is 9.88 Å². The Hall–Kier alpha value is -1.38. The molecule has 0 spiro atoms. The van der Waals surface area contributed by atoms with Crippen LogP contribution in [0.3, 0.4) is 0 Å². The van der Waals surface area contributed by atoms with E-state index in [2.05, 4.69) is 9.68 Å². The van der Waals surface area contributed by atoms with Crippen LogP contribution in [0.25, 0.3) is 0 Å². The molecule has 9 heteroatoms. The Balaban J connectivity index is 2.06. The Bertz CT molecular complexity index is 648. The molecule has 2 heterocycles. The molecule has 0 aliphatic carbocycles. The molecule has 96 valence electrons. The minimum atomic E-state index is -3.80. The molecule has 1 amide bonds. The van der Waals surface area contributed by atoms with Crippen LogP contribution in [0.2, 0.25) is 4.34 Å². The van der Waals surface area contributed by atoms with E-state index in [4.69, 9.17) is 11.6 Å². The molecular weight excluding hydrogens is 300 g/mol. The summed E-state index contributed by atoms with van der Waals surface area (Å²) in [6.45, 7) is 0. The summed E-state index contributed by atoms with van der Waals surface area (Å²) in [4.78, 5) is 11.8. The van der Waals surface area contributed by atoms with Crippen molar-refractivity contribution in [3.63, 3.8) is 0 Å². The van der Waals surface area contributed by atoms with Crippen LogP contribution < -0.4 is 4.72 Å². The molecule has 6 nitrogen and oxygen atoms in total. The predicted molar refractivity (Wildman–Crippen MR) is 65.9 cm³/mol. The van der Waals surface area contributed by atoms with Crippen LogP contribution in [0.5, 0.6) is 0 Å². The third-order valence-corrected chi connectivity index (χ3v) is 4.28. The van der Waals surface area contributed by atoms with E-state index in [0.29, 0.717) is 4.34 Å². The first-order chi connectivity index (χ1) is 8.46. The summed E-state index contributed by atoms with van der Waals surface area (Å²) in [7, 11) is -3.80. The monoisotopic (exact) mass is 306 g/mol. The van der Waals surface area contributed by atoms with E-state index in [1.54, 1.807) is 0 Å². The van der Waals surface area contributed by atoms with Gasteiger partial charge < -0.3 is 4.52 Å². The second-order valence-electron chi connectivity index (χ2n) is 3.28. The van der Waals surface area contributed by atoms with Crippen LogP contribution in [-0.2, 0) is 15.8 Å². The fourth-order valence-corrected chi connectivity index (χ4v) is 3.18. The zero-order chi connectivity index (χ0) is 13.2. The van der Waals surface area contributed by atoms with Crippen LogP contribution in [0.4, 0.5) is 0 Å². The smallest absolute Gasteiger partial charge is 0.274 e. The van der Waals surface area contributed by atoms with Gasteiger partial charge in [0, 0.05) is 6.07 Å². The molecule has 0 aliphatic heterocycles. The number of hydrogen-bond acceptors (Lipinski definition) is 6. The van der Waals surface area contributed by atoms with Gasteiger partial charge in [-0.15, -0.1) is 11.3 Å². The van der Waals surface area contributed by atoms with Crippen molar-refractivity contribution in [3.05, 3.63) is 39.4 Å². The van der Waals surface area contributed by atoms with Gasteiger partial charge in [0.15, 0.2) is 0 Å². The van der Waals surface area contributed by atoms with E-state index in [1.807, 2.05) is 4.72 Å². The lowest BCUT2D eigenvalue weighted by Crippen LogP contribution is -2.31. The van der Waals surface area contributed by atoms with E-state index >= 15 is 0 Å². The van der Waals surface area contributed by atoms with Crippen LogP contribution in [0, 0.1) is 0 Å². The predicted octanol–water partition coefficient (Wildman–Crippen LogP) is 1.65. The molecular formula is C9H7ClN2O4S2. The van der Waals surface area contributed by atoms with Crippen molar-refractivity contribution in [2.24, 2.45) is 0 Å². The molecule has 0 bridgehead atoms. The number of thiophene rings is 1. The zero-order valence-corrected chi connectivity index (χ0v) is 11.2. The maximum absolute atomic E-state index is 11.6. The van der Waals surface area contributed by atoms with Crippen LogP contribution >= 0.6 is 22.9 Å². The molecule has 2 aromatic heterocycles. The number of hydrogen-bond donors (Lipinski definition) is 1. The van der Waals surface area contributed by atoms with Gasteiger partial charge in [-0.05, 0) is 12.1 Å². The van der Waals surface area contributed by atoms with E-state index < -0.39 is 21.7 Å². The lowest BCUT2D eigenvalue weighted by Gasteiger charge is -2.03. The van der Waals surface area contributed by atoms with Crippen LogP contribution in [0.15, 0.2) is 29.0 Å². The Morgan fingerprint density at radius 1 is 1.44 bits per heavy atom. The highest BCUT2D eigenvalue weighted by molar-refractivity contribution is 7.89. The standard InChI is InChI=1S/C9H7ClN2O4S2/c10-8-2-1-7(17-8)9(13)12-18(14,15)5-6-3-4-16-11-6/h1-4H,5H2,(H,12,13). The van der Waals surface area contributed by atoms with Gasteiger partial charge in [-0.2, -0.15) is 0 Å². The number of carbonyl (C=O) groups excluding carboxylic acids is 1. The fraction of sp³-hybridized carbons (Fsp3) is 0.111. The summed E-state index contributed by atoms with van der Waals surface area (Å²) in [5.41, 5.74) is 0.222. The Morgan fingerprint density at radius 2 is 2.22 bits per heavy atom. The Kier molecular flexibility index (Phi) is 3.69. The second kappa shape index (κ2) is 5.09. The van der Waals surface area contributed by atoms with Gasteiger partial charge in [0.1, 0.15) is 17.7 Å². The number of aromatic nitrogens is 1. The summed E-state index contributed by atoms with van der Waals surface area (Å²) >= 11 is 6.66.